The van der Waals surface area contributed by atoms with Crippen molar-refractivity contribution >= 4 is 11.6 Å². The molecule has 0 spiro atoms. The maximum absolute atomic E-state index is 5.72. The monoisotopic (exact) mass is 134 g/mol. The molecule has 8 heavy (non-hydrogen) atoms. The van der Waals surface area contributed by atoms with E-state index >= 15 is 0 Å². The van der Waals surface area contributed by atoms with Gasteiger partial charge in [-0.2, -0.15) is 0 Å². The lowest BCUT2D eigenvalue weighted by Gasteiger charge is -2.22. The Morgan fingerprint density at radius 1 is 1.50 bits per heavy atom. The minimum Gasteiger partial charge on any atom is -0.327 e. The van der Waals surface area contributed by atoms with Crippen LogP contribution in [0.25, 0.3) is 0 Å². The molecule has 0 aliphatic carbocycles. The third kappa shape index (κ3) is 1.62. The summed E-state index contributed by atoms with van der Waals surface area (Å²) in [6.45, 7) is 0.869. The Bertz CT molecular complexity index is 58.8. The largest absolute Gasteiger partial charge is 0.327 e. The number of rotatable bonds is 0. The summed E-state index contributed by atoms with van der Waals surface area (Å²) in [6, 6.07) is 0.324. The summed E-state index contributed by atoms with van der Waals surface area (Å²) in [5, 5.41) is 3.07. The Balaban J connectivity index is 2.19. The Hall–Kier alpha value is 0.210. The number of nitrogens with one attached hydrogen (secondary N) is 1. The zero-order valence-electron chi connectivity index (χ0n) is 4.73. The predicted molar refractivity (Wildman–Crippen MR) is 34.9 cm³/mol. The minimum atomic E-state index is 0.162. The summed E-state index contributed by atoms with van der Waals surface area (Å²) < 4.78 is 0. The maximum atomic E-state index is 5.72. The van der Waals surface area contributed by atoms with Crippen LogP contribution in [0.1, 0.15) is 12.8 Å². The number of hydrogen-bond acceptors (Lipinski definition) is 2. The van der Waals surface area contributed by atoms with Gasteiger partial charge >= 0.3 is 0 Å². The molecule has 0 amide bonds. The minimum absolute atomic E-state index is 0.162. The average molecular weight is 135 g/mol. The molecule has 0 aromatic carbocycles. The van der Waals surface area contributed by atoms with E-state index in [4.69, 9.17) is 17.3 Å². The second-order valence-corrected chi connectivity index (χ2v) is 2.74. The summed E-state index contributed by atoms with van der Waals surface area (Å²) in [7, 11) is 0. The number of halogens is 1. The molecule has 0 bridgehead atoms. The molecule has 2 unspecified atom stereocenters. The van der Waals surface area contributed by atoms with Crippen LogP contribution in [-0.4, -0.2) is 18.1 Å². The number of nitrogens with two attached hydrogens (primary N) is 1. The van der Waals surface area contributed by atoms with Crippen LogP contribution in [0.2, 0.25) is 0 Å². The van der Waals surface area contributed by atoms with Gasteiger partial charge < -0.3 is 5.73 Å². The van der Waals surface area contributed by atoms with Gasteiger partial charge in [0.05, 0.1) is 5.50 Å². The van der Waals surface area contributed by atoms with E-state index in [9.17, 15) is 0 Å². The van der Waals surface area contributed by atoms with E-state index in [1.807, 2.05) is 0 Å². The van der Waals surface area contributed by atoms with Crippen molar-refractivity contribution in [3.8, 4) is 0 Å². The molecule has 1 aliphatic heterocycles. The first kappa shape index (κ1) is 6.33. The lowest BCUT2D eigenvalue weighted by atomic mass is 10.1. The van der Waals surface area contributed by atoms with Gasteiger partial charge in [0.25, 0.3) is 0 Å². The van der Waals surface area contributed by atoms with E-state index in [1.165, 1.54) is 0 Å². The van der Waals surface area contributed by atoms with Crippen LogP contribution in [0.3, 0.4) is 0 Å². The molecule has 48 valence electrons. The molecule has 0 saturated carbocycles. The summed E-state index contributed by atoms with van der Waals surface area (Å²) >= 11 is 5.72. The SMILES string of the molecule is NC1CCC(Cl)NC1. The smallest absolute Gasteiger partial charge is 0.0826 e. The molecule has 1 rings (SSSR count). The van der Waals surface area contributed by atoms with Gasteiger partial charge in [0.1, 0.15) is 0 Å². The highest BCUT2D eigenvalue weighted by Crippen LogP contribution is 2.08. The van der Waals surface area contributed by atoms with Gasteiger partial charge in [0.15, 0.2) is 0 Å². The Labute approximate surface area is 54.4 Å². The predicted octanol–water partition coefficient (Wildman–Crippen LogP) is 0.262. The van der Waals surface area contributed by atoms with Crippen LogP contribution in [-0.2, 0) is 0 Å². The standard InChI is InChI=1S/C5H11ClN2/c6-5-2-1-4(7)3-8-5/h4-5,8H,1-3,7H2. The third-order valence-corrected chi connectivity index (χ3v) is 1.76. The molecule has 0 aromatic heterocycles. The fraction of sp³-hybridized carbons (Fsp3) is 1.00. The van der Waals surface area contributed by atoms with Crippen molar-refractivity contribution in [2.75, 3.05) is 6.54 Å². The maximum Gasteiger partial charge on any atom is 0.0826 e. The zero-order valence-corrected chi connectivity index (χ0v) is 5.49. The van der Waals surface area contributed by atoms with Crippen molar-refractivity contribution in [1.82, 2.24) is 5.32 Å². The topological polar surface area (TPSA) is 38.0 Å². The van der Waals surface area contributed by atoms with Gasteiger partial charge in [-0.05, 0) is 12.8 Å². The van der Waals surface area contributed by atoms with E-state index in [0.717, 1.165) is 19.4 Å². The first-order chi connectivity index (χ1) is 3.79. The van der Waals surface area contributed by atoms with Crippen LogP contribution in [0.15, 0.2) is 0 Å². The van der Waals surface area contributed by atoms with E-state index in [2.05, 4.69) is 5.32 Å². The Morgan fingerprint density at radius 3 is 2.62 bits per heavy atom. The summed E-state index contributed by atoms with van der Waals surface area (Å²) in [5.74, 6) is 0. The highest BCUT2D eigenvalue weighted by molar-refractivity contribution is 6.20. The molecule has 1 aliphatic rings. The number of hydrogen-bond donors (Lipinski definition) is 2. The van der Waals surface area contributed by atoms with E-state index < -0.39 is 0 Å². The van der Waals surface area contributed by atoms with E-state index in [0.29, 0.717) is 6.04 Å². The van der Waals surface area contributed by atoms with Crippen LogP contribution in [0.5, 0.6) is 0 Å². The van der Waals surface area contributed by atoms with Crippen molar-refractivity contribution in [2.24, 2.45) is 5.73 Å². The molecule has 3 N–H and O–H groups in total. The van der Waals surface area contributed by atoms with Crippen molar-refractivity contribution in [3.63, 3.8) is 0 Å². The van der Waals surface area contributed by atoms with Gasteiger partial charge in [-0.25, -0.2) is 0 Å². The highest BCUT2D eigenvalue weighted by Gasteiger charge is 2.13. The Morgan fingerprint density at radius 2 is 2.25 bits per heavy atom. The normalized spacial score (nSPS) is 39.8. The second-order valence-electron chi connectivity index (χ2n) is 2.21. The molecule has 2 atom stereocenters. The lowest BCUT2D eigenvalue weighted by molar-refractivity contribution is 0.432. The molecule has 1 saturated heterocycles. The lowest BCUT2D eigenvalue weighted by Crippen LogP contribution is -2.42. The molecule has 0 radical (unpaired) electrons. The summed E-state index contributed by atoms with van der Waals surface area (Å²) in [6.07, 6.45) is 2.06. The fourth-order valence-electron chi connectivity index (χ4n) is 0.844. The van der Waals surface area contributed by atoms with Crippen LogP contribution >= 0.6 is 11.6 Å². The van der Waals surface area contributed by atoms with Crippen molar-refractivity contribution in [1.29, 1.82) is 0 Å². The first-order valence-corrected chi connectivity index (χ1v) is 3.35. The summed E-state index contributed by atoms with van der Waals surface area (Å²) in [5.41, 5.74) is 5.74. The van der Waals surface area contributed by atoms with Crippen LogP contribution < -0.4 is 11.1 Å². The van der Waals surface area contributed by atoms with Gasteiger partial charge in [-0.3, -0.25) is 5.32 Å². The third-order valence-electron chi connectivity index (χ3n) is 1.39. The quantitative estimate of drug-likeness (QED) is 0.369. The van der Waals surface area contributed by atoms with Gasteiger partial charge in [0.2, 0.25) is 0 Å². The van der Waals surface area contributed by atoms with Crippen LogP contribution in [0, 0.1) is 0 Å². The Kier molecular flexibility index (Phi) is 2.11. The average Bonchev–Trinajstić information content (AvgIpc) is 1.77. The fourth-order valence-corrected chi connectivity index (χ4v) is 1.06. The molecular weight excluding hydrogens is 124 g/mol. The van der Waals surface area contributed by atoms with Gasteiger partial charge in [-0.15, -0.1) is 11.6 Å². The molecular formula is C5H11ClN2. The molecule has 1 fully saturated rings. The highest BCUT2D eigenvalue weighted by atomic mass is 35.5. The number of piperidine rings is 1. The van der Waals surface area contributed by atoms with Crippen molar-refractivity contribution < 1.29 is 0 Å². The zero-order chi connectivity index (χ0) is 5.98. The summed E-state index contributed by atoms with van der Waals surface area (Å²) in [4.78, 5) is 0. The van der Waals surface area contributed by atoms with Gasteiger partial charge in [0, 0.05) is 12.6 Å². The van der Waals surface area contributed by atoms with Crippen molar-refractivity contribution in [3.05, 3.63) is 0 Å². The number of alkyl halides is 1. The van der Waals surface area contributed by atoms with E-state index in [1.54, 1.807) is 0 Å². The van der Waals surface area contributed by atoms with Crippen LogP contribution in [0.4, 0.5) is 0 Å². The molecule has 2 nitrogen and oxygen atoms in total. The second kappa shape index (κ2) is 2.67. The molecule has 0 aromatic rings. The van der Waals surface area contributed by atoms with Gasteiger partial charge in [-0.1, -0.05) is 0 Å². The van der Waals surface area contributed by atoms with E-state index in [-0.39, 0.29) is 5.50 Å². The molecule has 3 heteroatoms. The first-order valence-electron chi connectivity index (χ1n) is 2.92. The van der Waals surface area contributed by atoms with Crippen molar-refractivity contribution in [2.45, 2.75) is 24.4 Å². The molecule has 1 heterocycles.